The van der Waals surface area contributed by atoms with Crippen LogP contribution in [0.2, 0.25) is 0 Å². The molecule has 1 aliphatic rings. The van der Waals surface area contributed by atoms with E-state index < -0.39 is 0 Å². The van der Waals surface area contributed by atoms with Crippen molar-refractivity contribution in [2.45, 2.75) is 32.5 Å². The van der Waals surface area contributed by atoms with Gasteiger partial charge in [-0.05, 0) is 23.6 Å². The summed E-state index contributed by atoms with van der Waals surface area (Å²) in [5, 5.41) is 7.17. The number of likely N-dealkylation sites (tertiary alicyclic amines) is 1. The predicted molar refractivity (Wildman–Crippen MR) is 117 cm³/mol. The van der Waals surface area contributed by atoms with Gasteiger partial charge in [0.15, 0.2) is 0 Å². The van der Waals surface area contributed by atoms with E-state index in [2.05, 4.69) is 10.4 Å². The van der Waals surface area contributed by atoms with Crippen LogP contribution in [0.25, 0.3) is 11.3 Å². The molecule has 7 heteroatoms. The molecule has 1 N–H and O–H groups in total. The number of benzene rings is 2. The molecular formula is C24H24N4O3. The molecule has 4 rings (SSSR count). The maximum absolute atomic E-state index is 12.4. The average molecular weight is 416 g/mol. The molecule has 1 aromatic heterocycles. The molecule has 158 valence electrons. The van der Waals surface area contributed by atoms with E-state index in [1.165, 1.54) is 10.7 Å². The number of rotatable bonds is 7. The lowest BCUT2D eigenvalue weighted by Gasteiger charge is -2.16. The Morgan fingerprint density at radius 3 is 2.55 bits per heavy atom. The van der Waals surface area contributed by atoms with Crippen LogP contribution in [-0.2, 0) is 29.2 Å². The number of hydrogen-bond acceptors (Lipinski definition) is 4. The average Bonchev–Trinajstić information content (AvgIpc) is 3.19. The second kappa shape index (κ2) is 9.38. The first-order chi connectivity index (χ1) is 15.1. The Morgan fingerprint density at radius 2 is 1.77 bits per heavy atom. The minimum atomic E-state index is -0.327. The Balaban J connectivity index is 1.37. The molecule has 1 saturated heterocycles. The zero-order chi connectivity index (χ0) is 21.6. The van der Waals surface area contributed by atoms with Gasteiger partial charge in [-0.25, -0.2) is 4.68 Å². The molecule has 0 unspecified atom stereocenters. The molecule has 0 radical (unpaired) electrons. The van der Waals surface area contributed by atoms with E-state index in [1.54, 1.807) is 6.07 Å². The third-order valence-corrected chi connectivity index (χ3v) is 5.26. The third-order valence-electron chi connectivity index (χ3n) is 5.26. The highest BCUT2D eigenvalue weighted by molar-refractivity contribution is 5.78. The van der Waals surface area contributed by atoms with Crippen LogP contribution in [0, 0.1) is 0 Å². The maximum atomic E-state index is 12.4. The SMILES string of the molecule is O=C(Cn1nc(-c2ccccc2)ccc1=O)NCc1cccc(CN2CCCC2=O)c1. The van der Waals surface area contributed by atoms with Crippen LogP contribution in [0.1, 0.15) is 24.0 Å². The summed E-state index contributed by atoms with van der Waals surface area (Å²) < 4.78 is 1.17. The largest absolute Gasteiger partial charge is 0.350 e. The summed E-state index contributed by atoms with van der Waals surface area (Å²) in [6.07, 6.45) is 1.53. The monoisotopic (exact) mass is 416 g/mol. The van der Waals surface area contributed by atoms with Gasteiger partial charge >= 0.3 is 0 Å². The highest BCUT2D eigenvalue weighted by atomic mass is 16.2. The summed E-state index contributed by atoms with van der Waals surface area (Å²) in [7, 11) is 0. The fraction of sp³-hybridized carbons (Fsp3) is 0.250. The zero-order valence-corrected chi connectivity index (χ0v) is 17.2. The topological polar surface area (TPSA) is 84.3 Å². The molecule has 0 aliphatic carbocycles. The van der Waals surface area contributed by atoms with E-state index in [4.69, 9.17) is 0 Å². The molecule has 1 fully saturated rings. The summed E-state index contributed by atoms with van der Waals surface area (Å²) in [5.41, 5.74) is 3.17. The fourth-order valence-electron chi connectivity index (χ4n) is 3.65. The lowest BCUT2D eigenvalue weighted by atomic mass is 10.1. The number of aromatic nitrogens is 2. The molecule has 0 bridgehead atoms. The van der Waals surface area contributed by atoms with Crippen molar-refractivity contribution in [3.05, 3.63) is 88.2 Å². The van der Waals surface area contributed by atoms with Crippen molar-refractivity contribution in [1.82, 2.24) is 20.0 Å². The molecule has 7 nitrogen and oxygen atoms in total. The number of carbonyl (C=O) groups is 2. The van der Waals surface area contributed by atoms with Gasteiger partial charge in [-0.1, -0.05) is 54.6 Å². The first kappa shape index (κ1) is 20.5. The van der Waals surface area contributed by atoms with Crippen LogP contribution in [0.15, 0.2) is 71.5 Å². The van der Waals surface area contributed by atoms with E-state index in [1.807, 2.05) is 59.5 Å². The van der Waals surface area contributed by atoms with Crippen LogP contribution in [0.3, 0.4) is 0 Å². The molecular weight excluding hydrogens is 392 g/mol. The van der Waals surface area contributed by atoms with Gasteiger partial charge in [0, 0.05) is 37.7 Å². The van der Waals surface area contributed by atoms with Gasteiger partial charge in [0.1, 0.15) is 6.54 Å². The molecule has 0 saturated carbocycles. The van der Waals surface area contributed by atoms with Gasteiger partial charge in [0.05, 0.1) is 5.69 Å². The third kappa shape index (κ3) is 5.25. The van der Waals surface area contributed by atoms with Crippen LogP contribution >= 0.6 is 0 Å². The lowest BCUT2D eigenvalue weighted by molar-refractivity contribution is -0.128. The molecule has 1 aliphatic heterocycles. The van der Waals surface area contributed by atoms with Crippen LogP contribution in [0.5, 0.6) is 0 Å². The molecule has 2 aromatic carbocycles. The predicted octanol–water partition coefficient (Wildman–Crippen LogP) is 2.35. The first-order valence-electron chi connectivity index (χ1n) is 10.3. The van der Waals surface area contributed by atoms with Crippen molar-refractivity contribution in [2.75, 3.05) is 6.54 Å². The minimum absolute atomic E-state index is 0.151. The summed E-state index contributed by atoms with van der Waals surface area (Å²) in [4.78, 5) is 38.3. The van der Waals surface area contributed by atoms with E-state index in [0.717, 1.165) is 29.7 Å². The molecule has 0 spiro atoms. The van der Waals surface area contributed by atoms with Crippen LogP contribution in [-0.4, -0.2) is 33.0 Å². The number of nitrogens with one attached hydrogen (secondary N) is 1. The smallest absolute Gasteiger partial charge is 0.267 e. The van der Waals surface area contributed by atoms with Crippen LogP contribution < -0.4 is 10.9 Å². The van der Waals surface area contributed by atoms with Crippen molar-refractivity contribution in [3.8, 4) is 11.3 Å². The molecule has 31 heavy (non-hydrogen) atoms. The van der Waals surface area contributed by atoms with Gasteiger partial charge in [0.2, 0.25) is 11.8 Å². The van der Waals surface area contributed by atoms with Crippen LogP contribution in [0.4, 0.5) is 0 Å². The van der Waals surface area contributed by atoms with Gasteiger partial charge in [-0.2, -0.15) is 5.10 Å². The van der Waals surface area contributed by atoms with E-state index in [0.29, 0.717) is 25.2 Å². The Kier molecular flexibility index (Phi) is 6.21. The quantitative estimate of drug-likeness (QED) is 0.641. The van der Waals surface area contributed by atoms with E-state index >= 15 is 0 Å². The van der Waals surface area contributed by atoms with Gasteiger partial charge in [-0.3, -0.25) is 14.4 Å². The fourth-order valence-corrected chi connectivity index (χ4v) is 3.65. The van der Waals surface area contributed by atoms with Crippen molar-refractivity contribution in [3.63, 3.8) is 0 Å². The molecule has 3 aromatic rings. The molecule has 0 atom stereocenters. The second-order valence-corrected chi connectivity index (χ2v) is 7.60. The number of hydrogen-bond donors (Lipinski definition) is 1. The Labute approximate surface area is 180 Å². The van der Waals surface area contributed by atoms with Crippen molar-refractivity contribution in [1.29, 1.82) is 0 Å². The maximum Gasteiger partial charge on any atom is 0.267 e. The lowest BCUT2D eigenvalue weighted by Crippen LogP contribution is -2.33. The van der Waals surface area contributed by atoms with Gasteiger partial charge in [0.25, 0.3) is 5.56 Å². The Hall–Kier alpha value is -3.74. The van der Waals surface area contributed by atoms with Gasteiger partial charge < -0.3 is 10.2 Å². The highest BCUT2D eigenvalue weighted by Gasteiger charge is 2.20. The zero-order valence-electron chi connectivity index (χ0n) is 17.2. The molecule has 2 heterocycles. The Morgan fingerprint density at radius 1 is 0.968 bits per heavy atom. The summed E-state index contributed by atoms with van der Waals surface area (Å²) in [6.45, 7) is 1.57. The number of carbonyl (C=O) groups excluding carboxylic acids is 2. The summed E-state index contributed by atoms with van der Waals surface area (Å²) >= 11 is 0. The standard InChI is InChI=1S/C24H24N4O3/c29-22(17-28-24(31)12-11-21(26-28)20-8-2-1-3-9-20)25-15-18-6-4-7-19(14-18)16-27-13-5-10-23(27)30/h1-4,6-9,11-12,14H,5,10,13,15-17H2,(H,25,29). The first-order valence-corrected chi connectivity index (χ1v) is 10.3. The van der Waals surface area contributed by atoms with Crippen molar-refractivity contribution < 1.29 is 9.59 Å². The summed E-state index contributed by atoms with van der Waals surface area (Å²) in [5.74, 6) is -0.102. The number of amides is 2. The van der Waals surface area contributed by atoms with Gasteiger partial charge in [-0.15, -0.1) is 0 Å². The van der Waals surface area contributed by atoms with Crippen molar-refractivity contribution >= 4 is 11.8 Å². The second-order valence-electron chi connectivity index (χ2n) is 7.60. The highest BCUT2D eigenvalue weighted by Crippen LogP contribution is 2.16. The molecule has 2 amide bonds. The van der Waals surface area contributed by atoms with E-state index in [-0.39, 0.29) is 23.9 Å². The van der Waals surface area contributed by atoms with E-state index in [9.17, 15) is 14.4 Å². The van der Waals surface area contributed by atoms with Crippen molar-refractivity contribution in [2.24, 2.45) is 0 Å². The normalized spacial score (nSPS) is 13.4. The number of nitrogens with zero attached hydrogens (tertiary/aromatic N) is 3. The minimum Gasteiger partial charge on any atom is -0.350 e. The summed E-state index contributed by atoms with van der Waals surface area (Å²) in [6, 6.07) is 20.4. The Bertz CT molecular complexity index is 1140.